The summed E-state index contributed by atoms with van der Waals surface area (Å²) in [6, 6.07) is 15.8. The number of rotatable bonds is 4. The Kier molecular flexibility index (Phi) is 5.76. The van der Waals surface area contributed by atoms with E-state index in [1.54, 1.807) is 17.0 Å². The average molecular weight is 396 g/mol. The molecule has 0 bridgehead atoms. The van der Waals surface area contributed by atoms with Crippen LogP contribution in [0.2, 0.25) is 0 Å². The third kappa shape index (κ3) is 4.74. The van der Waals surface area contributed by atoms with Crippen molar-refractivity contribution in [1.29, 1.82) is 0 Å². The zero-order valence-electron chi connectivity index (χ0n) is 16.3. The molecule has 1 atom stereocenters. The Labute approximate surface area is 169 Å². The van der Waals surface area contributed by atoms with E-state index in [9.17, 15) is 14.0 Å². The van der Waals surface area contributed by atoms with Crippen LogP contribution in [0.4, 0.5) is 14.9 Å². The number of nitrogens with one attached hydrogen (secondary N) is 1. The van der Waals surface area contributed by atoms with Gasteiger partial charge in [-0.3, -0.25) is 9.69 Å². The van der Waals surface area contributed by atoms with Gasteiger partial charge in [0, 0.05) is 51.4 Å². The molecule has 0 saturated carbocycles. The van der Waals surface area contributed by atoms with Crippen molar-refractivity contribution in [2.24, 2.45) is 0 Å². The first-order valence-electron chi connectivity index (χ1n) is 9.96. The number of amides is 3. The van der Waals surface area contributed by atoms with Crippen LogP contribution in [0, 0.1) is 5.82 Å². The fourth-order valence-electron chi connectivity index (χ4n) is 3.89. The van der Waals surface area contributed by atoms with Crippen LogP contribution in [0.1, 0.15) is 12.0 Å². The third-order valence-electron chi connectivity index (χ3n) is 5.50. The standard InChI is InChI=1S/C22H25FN4O2/c23-18-6-8-20(9-7-18)27-16-19(14-21(27)28)24-22(29)26-12-10-25(11-13-26)15-17-4-2-1-3-5-17/h1-9,19H,10-16H2,(H,24,29). The normalized spacial score (nSPS) is 20.2. The predicted molar refractivity (Wildman–Crippen MR) is 109 cm³/mol. The number of nitrogens with zero attached hydrogens (tertiary/aromatic N) is 3. The second-order valence-electron chi connectivity index (χ2n) is 7.58. The van der Waals surface area contributed by atoms with Gasteiger partial charge in [-0.25, -0.2) is 9.18 Å². The fraction of sp³-hybridized carbons (Fsp3) is 0.364. The van der Waals surface area contributed by atoms with E-state index in [-0.39, 0.29) is 30.2 Å². The van der Waals surface area contributed by atoms with Crippen molar-refractivity contribution in [3.8, 4) is 0 Å². The Bertz CT molecular complexity index is 851. The number of hydrogen-bond acceptors (Lipinski definition) is 3. The number of piperazine rings is 1. The van der Waals surface area contributed by atoms with E-state index in [1.807, 2.05) is 23.1 Å². The molecule has 2 aliphatic rings. The lowest BCUT2D eigenvalue weighted by Crippen LogP contribution is -2.53. The molecule has 0 aliphatic carbocycles. The molecule has 29 heavy (non-hydrogen) atoms. The maximum atomic E-state index is 13.1. The van der Waals surface area contributed by atoms with Crippen LogP contribution in [-0.4, -0.2) is 60.5 Å². The maximum Gasteiger partial charge on any atom is 0.317 e. The molecule has 2 heterocycles. The topological polar surface area (TPSA) is 55.9 Å². The van der Waals surface area contributed by atoms with Gasteiger partial charge in [0.25, 0.3) is 0 Å². The van der Waals surface area contributed by atoms with Crippen molar-refractivity contribution in [3.05, 3.63) is 66.0 Å². The van der Waals surface area contributed by atoms with Crippen molar-refractivity contribution in [2.75, 3.05) is 37.6 Å². The average Bonchev–Trinajstić information content (AvgIpc) is 3.10. The summed E-state index contributed by atoms with van der Waals surface area (Å²) in [5.74, 6) is -0.397. The molecule has 2 saturated heterocycles. The number of halogens is 1. The Morgan fingerprint density at radius 3 is 2.38 bits per heavy atom. The second kappa shape index (κ2) is 8.61. The van der Waals surface area contributed by atoms with Crippen LogP contribution in [-0.2, 0) is 11.3 Å². The lowest BCUT2D eigenvalue weighted by Gasteiger charge is -2.35. The Hall–Kier alpha value is -2.93. The van der Waals surface area contributed by atoms with Crippen LogP contribution in [0.25, 0.3) is 0 Å². The summed E-state index contributed by atoms with van der Waals surface area (Å²) in [5.41, 5.74) is 1.93. The van der Waals surface area contributed by atoms with Crippen molar-refractivity contribution in [2.45, 2.75) is 19.0 Å². The van der Waals surface area contributed by atoms with E-state index in [1.165, 1.54) is 17.7 Å². The van der Waals surface area contributed by atoms with E-state index < -0.39 is 0 Å². The molecule has 2 aliphatic heterocycles. The molecule has 0 aromatic heterocycles. The van der Waals surface area contributed by atoms with Gasteiger partial charge < -0.3 is 15.1 Å². The first-order valence-corrected chi connectivity index (χ1v) is 9.96. The van der Waals surface area contributed by atoms with Crippen LogP contribution in [0.3, 0.4) is 0 Å². The van der Waals surface area contributed by atoms with Gasteiger partial charge in [-0.1, -0.05) is 30.3 Å². The zero-order valence-corrected chi connectivity index (χ0v) is 16.3. The molecule has 1 N–H and O–H groups in total. The van der Waals surface area contributed by atoms with Gasteiger partial charge in [0.1, 0.15) is 5.82 Å². The predicted octanol–water partition coefficient (Wildman–Crippen LogP) is 2.46. The minimum absolute atomic E-state index is 0.0606. The largest absolute Gasteiger partial charge is 0.333 e. The highest BCUT2D eigenvalue weighted by atomic mass is 19.1. The Morgan fingerprint density at radius 2 is 1.69 bits per heavy atom. The van der Waals surface area contributed by atoms with Gasteiger partial charge in [-0.15, -0.1) is 0 Å². The summed E-state index contributed by atoms with van der Waals surface area (Å²) in [6.07, 6.45) is 0.261. The van der Waals surface area contributed by atoms with E-state index in [0.717, 1.165) is 19.6 Å². The monoisotopic (exact) mass is 396 g/mol. The van der Waals surface area contributed by atoms with Gasteiger partial charge in [0.15, 0.2) is 0 Å². The molecule has 7 heteroatoms. The molecule has 0 spiro atoms. The van der Waals surface area contributed by atoms with Crippen LogP contribution in [0.5, 0.6) is 0 Å². The van der Waals surface area contributed by atoms with Gasteiger partial charge >= 0.3 is 6.03 Å². The van der Waals surface area contributed by atoms with E-state index in [2.05, 4.69) is 22.3 Å². The summed E-state index contributed by atoms with van der Waals surface area (Å²) >= 11 is 0. The van der Waals surface area contributed by atoms with Gasteiger partial charge in [0.05, 0.1) is 6.04 Å². The van der Waals surface area contributed by atoms with Crippen molar-refractivity contribution >= 4 is 17.6 Å². The molecule has 0 radical (unpaired) electrons. The summed E-state index contributed by atoms with van der Waals surface area (Å²) < 4.78 is 13.1. The first-order chi connectivity index (χ1) is 14.1. The molecule has 2 fully saturated rings. The van der Waals surface area contributed by atoms with Gasteiger partial charge in [-0.05, 0) is 29.8 Å². The first kappa shape index (κ1) is 19.4. The van der Waals surface area contributed by atoms with E-state index in [4.69, 9.17) is 0 Å². The van der Waals surface area contributed by atoms with E-state index in [0.29, 0.717) is 25.3 Å². The number of anilines is 1. The highest BCUT2D eigenvalue weighted by Crippen LogP contribution is 2.22. The Morgan fingerprint density at radius 1 is 1.00 bits per heavy atom. The summed E-state index contributed by atoms with van der Waals surface area (Å²) in [5, 5.41) is 2.99. The van der Waals surface area contributed by atoms with Crippen molar-refractivity contribution in [1.82, 2.24) is 15.1 Å². The van der Waals surface area contributed by atoms with Crippen LogP contribution < -0.4 is 10.2 Å². The molecule has 4 rings (SSSR count). The Balaban J connectivity index is 1.26. The molecule has 2 aromatic rings. The molecular weight excluding hydrogens is 371 g/mol. The minimum Gasteiger partial charge on any atom is -0.333 e. The zero-order chi connectivity index (χ0) is 20.2. The van der Waals surface area contributed by atoms with Crippen molar-refractivity contribution in [3.63, 3.8) is 0 Å². The van der Waals surface area contributed by atoms with Crippen LogP contribution >= 0.6 is 0 Å². The van der Waals surface area contributed by atoms with Gasteiger partial charge in [0.2, 0.25) is 5.91 Å². The second-order valence-corrected chi connectivity index (χ2v) is 7.58. The van der Waals surface area contributed by atoms with Gasteiger partial charge in [-0.2, -0.15) is 0 Å². The fourth-order valence-corrected chi connectivity index (χ4v) is 3.89. The number of carbonyl (C=O) groups excluding carboxylic acids is 2. The lowest BCUT2D eigenvalue weighted by molar-refractivity contribution is -0.117. The lowest BCUT2D eigenvalue weighted by atomic mass is 10.2. The number of urea groups is 1. The summed E-state index contributed by atoms with van der Waals surface area (Å²) in [7, 11) is 0. The smallest absolute Gasteiger partial charge is 0.317 e. The molecule has 152 valence electrons. The third-order valence-corrected chi connectivity index (χ3v) is 5.50. The number of carbonyl (C=O) groups is 2. The molecule has 1 unspecified atom stereocenters. The van der Waals surface area contributed by atoms with Crippen LogP contribution in [0.15, 0.2) is 54.6 Å². The summed E-state index contributed by atoms with van der Waals surface area (Å²) in [4.78, 5) is 30.7. The molecule has 3 amide bonds. The maximum absolute atomic E-state index is 13.1. The number of hydrogen-bond donors (Lipinski definition) is 1. The highest BCUT2D eigenvalue weighted by molar-refractivity contribution is 5.96. The molecule has 2 aromatic carbocycles. The SMILES string of the molecule is O=C(NC1CC(=O)N(c2ccc(F)cc2)C1)N1CCN(Cc2ccccc2)CC1. The highest BCUT2D eigenvalue weighted by Gasteiger charge is 2.33. The quantitative estimate of drug-likeness (QED) is 0.864. The van der Waals surface area contributed by atoms with Crippen molar-refractivity contribution < 1.29 is 14.0 Å². The van der Waals surface area contributed by atoms with E-state index >= 15 is 0 Å². The number of benzene rings is 2. The molecule has 6 nitrogen and oxygen atoms in total. The minimum atomic E-state index is -0.336. The molecular formula is C22H25FN4O2. The summed E-state index contributed by atoms with van der Waals surface area (Å²) in [6.45, 7) is 4.29.